The van der Waals surface area contributed by atoms with Gasteiger partial charge in [0.25, 0.3) is 6.02 Å². The molecule has 0 radical (unpaired) electrons. The van der Waals surface area contributed by atoms with Crippen molar-refractivity contribution < 1.29 is 9.47 Å². The Morgan fingerprint density at radius 3 is 2.73 bits per heavy atom. The first-order chi connectivity index (χ1) is 10.7. The second kappa shape index (κ2) is 9.02. The third kappa shape index (κ3) is 5.51. The molecule has 1 aromatic rings. The summed E-state index contributed by atoms with van der Waals surface area (Å²) in [6.07, 6.45) is 0. The average molecular weight is 323 g/mol. The fourth-order valence-corrected chi connectivity index (χ4v) is 3.19. The van der Waals surface area contributed by atoms with Crippen LogP contribution in [0.4, 0.5) is 0 Å². The summed E-state index contributed by atoms with van der Waals surface area (Å²) in [6, 6.07) is 10.9. The zero-order chi connectivity index (χ0) is 15.8. The Morgan fingerprint density at radius 2 is 2.14 bits per heavy atom. The minimum Gasteiger partial charge on any atom is -0.464 e. The van der Waals surface area contributed by atoms with Crippen molar-refractivity contribution in [2.75, 3.05) is 47.4 Å². The molecule has 0 aromatic heterocycles. The number of rotatable bonds is 7. The molecule has 1 aromatic carbocycles. The second-order valence-electron chi connectivity index (χ2n) is 5.41. The monoisotopic (exact) mass is 323 g/mol. The van der Waals surface area contributed by atoms with Crippen LogP contribution in [0.15, 0.2) is 35.3 Å². The first-order valence-electron chi connectivity index (χ1n) is 7.48. The topological polar surface area (TPSA) is 46.1 Å². The van der Waals surface area contributed by atoms with Crippen LogP contribution >= 0.6 is 11.8 Å². The van der Waals surface area contributed by atoms with Gasteiger partial charge in [-0.1, -0.05) is 30.3 Å². The molecule has 2 rings (SSSR count). The van der Waals surface area contributed by atoms with E-state index < -0.39 is 0 Å². The Hall–Kier alpha value is -1.24. The molecule has 5 nitrogen and oxygen atoms in total. The molecule has 0 aliphatic carbocycles. The van der Waals surface area contributed by atoms with Gasteiger partial charge in [-0.2, -0.15) is 0 Å². The summed E-state index contributed by atoms with van der Waals surface area (Å²) in [5.41, 5.74) is 1.23. The molecule has 2 atom stereocenters. The Balaban J connectivity index is 1.79. The quantitative estimate of drug-likeness (QED) is 0.778. The van der Waals surface area contributed by atoms with Gasteiger partial charge in [-0.25, -0.2) is 4.99 Å². The molecule has 0 fully saturated rings. The van der Waals surface area contributed by atoms with E-state index in [0.29, 0.717) is 17.9 Å². The van der Waals surface area contributed by atoms with Gasteiger partial charge in [0, 0.05) is 25.4 Å². The van der Waals surface area contributed by atoms with Crippen molar-refractivity contribution in [3.8, 4) is 0 Å². The molecular formula is C16H25N3O2S. The molecule has 0 amide bonds. The van der Waals surface area contributed by atoms with Gasteiger partial charge in [-0.3, -0.25) is 0 Å². The van der Waals surface area contributed by atoms with Crippen LogP contribution in [0.1, 0.15) is 11.0 Å². The van der Waals surface area contributed by atoms with Gasteiger partial charge < -0.3 is 19.7 Å². The van der Waals surface area contributed by atoms with Crippen LogP contribution in [0.5, 0.6) is 0 Å². The maximum Gasteiger partial charge on any atom is 0.284 e. The molecule has 22 heavy (non-hydrogen) atoms. The number of thioether (sulfide) groups is 1. The van der Waals surface area contributed by atoms with Gasteiger partial charge in [0.05, 0.1) is 6.54 Å². The van der Waals surface area contributed by atoms with E-state index in [2.05, 4.69) is 27.3 Å². The van der Waals surface area contributed by atoms with E-state index in [9.17, 15) is 0 Å². The first-order valence-corrected chi connectivity index (χ1v) is 8.42. The van der Waals surface area contributed by atoms with Crippen molar-refractivity contribution >= 4 is 17.8 Å². The van der Waals surface area contributed by atoms with E-state index in [1.54, 1.807) is 18.9 Å². The zero-order valence-corrected chi connectivity index (χ0v) is 14.3. The van der Waals surface area contributed by atoms with Gasteiger partial charge in [0.1, 0.15) is 12.0 Å². The number of methoxy groups -OCH3 is 1. The molecule has 1 heterocycles. The summed E-state index contributed by atoms with van der Waals surface area (Å²) in [7, 11) is 5.81. The predicted molar refractivity (Wildman–Crippen MR) is 92.4 cm³/mol. The van der Waals surface area contributed by atoms with Gasteiger partial charge in [0.15, 0.2) is 0 Å². The number of aliphatic imine (C=N–C) groups is 1. The molecule has 0 bridgehead atoms. The van der Waals surface area contributed by atoms with E-state index in [1.165, 1.54) is 5.56 Å². The van der Waals surface area contributed by atoms with Crippen molar-refractivity contribution in [2.24, 2.45) is 4.99 Å². The zero-order valence-electron chi connectivity index (χ0n) is 13.5. The number of ether oxygens (including phenoxy) is 2. The van der Waals surface area contributed by atoms with Gasteiger partial charge >= 0.3 is 0 Å². The highest BCUT2D eigenvalue weighted by molar-refractivity contribution is 8.00. The van der Waals surface area contributed by atoms with Gasteiger partial charge in [-0.15, -0.1) is 11.8 Å². The number of hydrogen-bond donors (Lipinski definition) is 1. The molecule has 0 saturated heterocycles. The van der Waals surface area contributed by atoms with Crippen LogP contribution in [0, 0.1) is 0 Å². The molecule has 0 saturated carbocycles. The van der Waals surface area contributed by atoms with Gasteiger partial charge in [-0.05, 0) is 19.7 Å². The largest absolute Gasteiger partial charge is 0.464 e. The number of amidine groups is 1. The fraction of sp³-hybridized carbons (Fsp3) is 0.562. The summed E-state index contributed by atoms with van der Waals surface area (Å²) in [4.78, 5) is 6.57. The third-order valence-corrected chi connectivity index (χ3v) is 4.71. The standard InChI is InChI=1S/C16H25N3O2S/c1-19(2)9-10-21-16-17-11-14(12-18-16)22-15(20-3)13-7-5-4-6-8-13/h4-8,14-15H,9-12H2,1-3H3,(H,17,18). The second-order valence-corrected chi connectivity index (χ2v) is 6.78. The third-order valence-electron chi connectivity index (χ3n) is 3.30. The number of nitrogens with one attached hydrogen (secondary N) is 1. The highest BCUT2D eigenvalue weighted by Gasteiger charge is 2.21. The van der Waals surface area contributed by atoms with Crippen LogP contribution in [-0.2, 0) is 9.47 Å². The van der Waals surface area contributed by atoms with Crippen molar-refractivity contribution in [3.05, 3.63) is 35.9 Å². The molecule has 2 unspecified atom stereocenters. The SMILES string of the molecule is COC(SC1CN=C(OCCN(C)C)NC1)c1ccccc1. The highest BCUT2D eigenvalue weighted by atomic mass is 32.2. The summed E-state index contributed by atoms with van der Waals surface area (Å²) in [5, 5.41) is 3.64. The lowest BCUT2D eigenvalue weighted by Gasteiger charge is -2.26. The number of benzene rings is 1. The van der Waals surface area contributed by atoms with E-state index >= 15 is 0 Å². The normalized spacial score (nSPS) is 19.5. The Morgan fingerprint density at radius 1 is 1.36 bits per heavy atom. The molecule has 0 spiro atoms. The van der Waals surface area contributed by atoms with Crippen LogP contribution < -0.4 is 5.32 Å². The van der Waals surface area contributed by atoms with E-state index in [-0.39, 0.29) is 5.44 Å². The lowest BCUT2D eigenvalue weighted by atomic mass is 10.2. The molecule has 1 N–H and O–H groups in total. The minimum atomic E-state index is 0.0411. The van der Waals surface area contributed by atoms with Gasteiger partial charge in [0.2, 0.25) is 0 Å². The van der Waals surface area contributed by atoms with Crippen molar-refractivity contribution in [1.82, 2.24) is 10.2 Å². The van der Waals surface area contributed by atoms with E-state index in [0.717, 1.165) is 19.6 Å². The Kier molecular flexibility index (Phi) is 7.02. The lowest BCUT2D eigenvalue weighted by Crippen LogP contribution is -2.40. The molecule has 6 heteroatoms. The summed E-state index contributed by atoms with van der Waals surface area (Å²) in [5.74, 6) is 0. The van der Waals surface area contributed by atoms with Crippen molar-refractivity contribution in [3.63, 3.8) is 0 Å². The summed E-state index contributed by atoms with van der Waals surface area (Å²) < 4.78 is 11.2. The average Bonchev–Trinajstić information content (AvgIpc) is 2.54. The highest BCUT2D eigenvalue weighted by Crippen LogP contribution is 2.33. The Labute approximate surface area is 137 Å². The summed E-state index contributed by atoms with van der Waals surface area (Å²) >= 11 is 1.79. The number of nitrogens with zero attached hydrogens (tertiary/aromatic N) is 2. The summed E-state index contributed by atoms with van der Waals surface area (Å²) in [6.45, 7) is 3.14. The number of likely N-dealkylation sites (N-methyl/N-ethyl adjacent to an activating group) is 1. The smallest absolute Gasteiger partial charge is 0.284 e. The predicted octanol–water partition coefficient (Wildman–Crippen LogP) is 1.97. The van der Waals surface area contributed by atoms with E-state index in [4.69, 9.17) is 9.47 Å². The molecule has 1 aliphatic rings. The van der Waals surface area contributed by atoms with Crippen molar-refractivity contribution in [2.45, 2.75) is 10.7 Å². The fourth-order valence-electron chi connectivity index (χ4n) is 2.07. The van der Waals surface area contributed by atoms with Crippen LogP contribution in [0.3, 0.4) is 0 Å². The van der Waals surface area contributed by atoms with Crippen molar-refractivity contribution in [1.29, 1.82) is 0 Å². The maximum atomic E-state index is 5.61. The molecular weight excluding hydrogens is 298 g/mol. The maximum absolute atomic E-state index is 5.61. The minimum absolute atomic E-state index is 0.0411. The van der Waals surface area contributed by atoms with Crippen LogP contribution in [-0.4, -0.2) is 63.6 Å². The van der Waals surface area contributed by atoms with Crippen LogP contribution in [0.2, 0.25) is 0 Å². The first kappa shape index (κ1) is 17.1. The number of hydrogen-bond acceptors (Lipinski definition) is 6. The molecule has 1 aliphatic heterocycles. The lowest BCUT2D eigenvalue weighted by molar-refractivity contribution is 0.175. The van der Waals surface area contributed by atoms with Crippen LogP contribution in [0.25, 0.3) is 0 Å². The Bertz CT molecular complexity index is 468. The molecule has 122 valence electrons. The van der Waals surface area contributed by atoms with E-state index in [1.807, 2.05) is 32.3 Å².